The lowest BCUT2D eigenvalue weighted by atomic mass is 10.2. The minimum Gasteiger partial charge on any atom is -0.393 e. The van der Waals surface area contributed by atoms with Gasteiger partial charge in [-0.1, -0.05) is 6.08 Å². The highest BCUT2D eigenvalue weighted by Gasteiger charge is 1.92. The number of hydrogen-bond donors (Lipinski definition) is 2. The first kappa shape index (κ1) is 9.66. The summed E-state index contributed by atoms with van der Waals surface area (Å²) < 4.78 is 0. The fraction of sp³-hybridized carbons (Fsp3) is 0.750. The van der Waals surface area contributed by atoms with Crippen molar-refractivity contribution < 1.29 is 5.11 Å². The van der Waals surface area contributed by atoms with Crippen molar-refractivity contribution in [3.63, 3.8) is 0 Å². The van der Waals surface area contributed by atoms with Gasteiger partial charge in [-0.05, 0) is 26.3 Å². The van der Waals surface area contributed by atoms with Crippen molar-refractivity contribution >= 4 is 0 Å². The second-order valence-electron chi connectivity index (χ2n) is 2.48. The molecule has 0 spiro atoms. The molecule has 60 valence electrons. The standard InChI is InChI=1S/C8H17NO/c1-3-6-9-7-4-5-8(2)10/h3,8-10H,1,4-7H2,2H3. The van der Waals surface area contributed by atoms with E-state index in [2.05, 4.69) is 11.9 Å². The van der Waals surface area contributed by atoms with Gasteiger partial charge in [-0.25, -0.2) is 0 Å². The Morgan fingerprint density at radius 3 is 2.90 bits per heavy atom. The highest BCUT2D eigenvalue weighted by molar-refractivity contribution is 4.69. The van der Waals surface area contributed by atoms with Crippen LogP contribution in [0.25, 0.3) is 0 Å². The molecule has 0 amide bonds. The Morgan fingerprint density at radius 2 is 2.40 bits per heavy atom. The van der Waals surface area contributed by atoms with Crippen LogP contribution in [-0.4, -0.2) is 24.3 Å². The van der Waals surface area contributed by atoms with E-state index in [1.807, 2.05) is 13.0 Å². The van der Waals surface area contributed by atoms with E-state index >= 15 is 0 Å². The third-order valence-electron chi connectivity index (χ3n) is 1.26. The molecule has 1 unspecified atom stereocenters. The van der Waals surface area contributed by atoms with Crippen LogP contribution in [0.3, 0.4) is 0 Å². The lowest BCUT2D eigenvalue weighted by Gasteiger charge is -2.03. The third-order valence-corrected chi connectivity index (χ3v) is 1.26. The van der Waals surface area contributed by atoms with Crippen molar-refractivity contribution in [1.29, 1.82) is 0 Å². The smallest absolute Gasteiger partial charge is 0.0512 e. The summed E-state index contributed by atoms with van der Waals surface area (Å²) in [4.78, 5) is 0. The summed E-state index contributed by atoms with van der Waals surface area (Å²) in [6, 6.07) is 0. The predicted molar refractivity (Wildman–Crippen MR) is 44.0 cm³/mol. The molecule has 0 rings (SSSR count). The molecule has 0 saturated carbocycles. The molecule has 0 saturated heterocycles. The van der Waals surface area contributed by atoms with Crippen molar-refractivity contribution in [3.8, 4) is 0 Å². The first-order valence-electron chi connectivity index (χ1n) is 3.77. The minimum absolute atomic E-state index is 0.162. The highest BCUT2D eigenvalue weighted by Crippen LogP contribution is 1.92. The van der Waals surface area contributed by atoms with E-state index in [1.165, 1.54) is 0 Å². The summed E-state index contributed by atoms with van der Waals surface area (Å²) in [5, 5.41) is 12.0. The van der Waals surface area contributed by atoms with Crippen molar-refractivity contribution in [3.05, 3.63) is 12.7 Å². The molecule has 2 N–H and O–H groups in total. The molecule has 0 heterocycles. The van der Waals surface area contributed by atoms with Gasteiger partial charge in [-0.3, -0.25) is 0 Å². The van der Waals surface area contributed by atoms with Crippen molar-refractivity contribution in [2.45, 2.75) is 25.9 Å². The Hall–Kier alpha value is -0.340. The molecule has 0 bridgehead atoms. The molecule has 2 nitrogen and oxygen atoms in total. The third kappa shape index (κ3) is 7.66. The zero-order chi connectivity index (χ0) is 7.82. The van der Waals surface area contributed by atoms with Crippen LogP contribution in [0.5, 0.6) is 0 Å². The average molecular weight is 143 g/mol. The largest absolute Gasteiger partial charge is 0.393 e. The first-order chi connectivity index (χ1) is 4.77. The number of nitrogens with one attached hydrogen (secondary N) is 1. The maximum absolute atomic E-state index is 8.86. The Kier molecular flexibility index (Phi) is 6.55. The Morgan fingerprint density at radius 1 is 1.70 bits per heavy atom. The van der Waals surface area contributed by atoms with Gasteiger partial charge in [0.2, 0.25) is 0 Å². The van der Waals surface area contributed by atoms with E-state index < -0.39 is 0 Å². The highest BCUT2D eigenvalue weighted by atomic mass is 16.3. The molecular weight excluding hydrogens is 126 g/mol. The number of hydrogen-bond acceptors (Lipinski definition) is 2. The van der Waals surface area contributed by atoms with Crippen molar-refractivity contribution in [2.24, 2.45) is 0 Å². The molecule has 0 aliphatic heterocycles. The second-order valence-corrected chi connectivity index (χ2v) is 2.48. The van der Waals surface area contributed by atoms with Crippen LogP contribution in [0.1, 0.15) is 19.8 Å². The number of aliphatic hydroxyl groups is 1. The molecule has 2 heteroatoms. The summed E-state index contributed by atoms with van der Waals surface area (Å²) >= 11 is 0. The van der Waals surface area contributed by atoms with Gasteiger partial charge in [0.05, 0.1) is 6.10 Å². The molecule has 0 radical (unpaired) electrons. The lowest BCUT2D eigenvalue weighted by molar-refractivity contribution is 0.181. The fourth-order valence-electron chi connectivity index (χ4n) is 0.727. The van der Waals surface area contributed by atoms with Crippen molar-refractivity contribution in [1.82, 2.24) is 5.32 Å². The zero-order valence-corrected chi connectivity index (χ0v) is 6.64. The minimum atomic E-state index is -0.162. The molecule has 0 aliphatic rings. The van der Waals surface area contributed by atoms with Crippen LogP contribution < -0.4 is 5.32 Å². The summed E-state index contributed by atoms with van der Waals surface area (Å²) in [5.74, 6) is 0. The lowest BCUT2D eigenvalue weighted by Crippen LogP contribution is -2.16. The summed E-state index contributed by atoms with van der Waals surface area (Å²) in [7, 11) is 0. The second kappa shape index (κ2) is 6.78. The van der Waals surface area contributed by atoms with Crippen molar-refractivity contribution in [2.75, 3.05) is 13.1 Å². The zero-order valence-electron chi connectivity index (χ0n) is 6.64. The van der Waals surface area contributed by atoms with Gasteiger partial charge in [0.25, 0.3) is 0 Å². The van der Waals surface area contributed by atoms with Crippen LogP contribution in [0.15, 0.2) is 12.7 Å². The number of aliphatic hydroxyl groups excluding tert-OH is 1. The molecule has 10 heavy (non-hydrogen) atoms. The van der Waals surface area contributed by atoms with Gasteiger partial charge < -0.3 is 10.4 Å². The van der Waals surface area contributed by atoms with Crippen LogP contribution in [0, 0.1) is 0 Å². The Balaban J connectivity index is 2.83. The molecule has 0 fully saturated rings. The van der Waals surface area contributed by atoms with E-state index in [0.29, 0.717) is 0 Å². The Bertz CT molecular complexity index is 81.3. The summed E-state index contributed by atoms with van der Waals surface area (Å²) in [6.45, 7) is 7.22. The predicted octanol–water partition coefficient (Wildman–Crippen LogP) is 0.923. The van der Waals surface area contributed by atoms with Crippen LogP contribution in [0.4, 0.5) is 0 Å². The van der Waals surface area contributed by atoms with Gasteiger partial charge in [0.15, 0.2) is 0 Å². The van der Waals surface area contributed by atoms with Gasteiger partial charge in [0, 0.05) is 6.54 Å². The van der Waals surface area contributed by atoms with E-state index in [4.69, 9.17) is 5.11 Å². The SMILES string of the molecule is C=CCNCCCC(C)O. The van der Waals surface area contributed by atoms with Gasteiger partial charge >= 0.3 is 0 Å². The van der Waals surface area contributed by atoms with E-state index in [1.54, 1.807) is 0 Å². The Labute approximate surface area is 62.9 Å². The monoisotopic (exact) mass is 143 g/mol. The van der Waals surface area contributed by atoms with Crippen LogP contribution >= 0.6 is 0 Å². The molecule has 1 atom stereocenters. The summed E-state index contributed by atoms with van der Waals surface area (Å²) in [6.07, 6.45) is 3.59. The first-order valence-corrected chi connectivity index (χ1v) is 3.77. The normalized spacial score (nSPS) is 13.0. The molecule has 0 aromatic rings. The fourth-order valence-corrected chi connectivity index (χ4v) is 0.727. The average Bonchev–Trinajstić information content (AvgIpc) is 1.87. The maximum Gasteiger partial charge on any atom is 0.0512 e. The van der Waals surface area contributed by atoms with E-state index in [-0.39, 0.29) is 6.10 Å². The van der Waals surface area contributed by atoms with Crippen LogP contribution in [0.2, 0.25) is 0 Å². The molecule has 0 aliphatic carbocycles. The van der Waals surface area contributed by atoms with E-state index in [0.717, 1.165) is 25.9 Å². The van der Waals surface area contributed by atoms with Gasteiger partial charge in [0.1, 0.15) is 0 Å². The number of rotatable bonds is 6. The van der Waals surface area contributed by atoms with Gasteiger partial charge in [-0.15, -0.1) is 6.58 Å². The molecule has 0 aromatic heterocycles. The molecular formula is C8H17NO. The van der Waals surface area contributed by atoms with E-state index in [9.17, 15) is 0 Å². The summed E-state index contributed by atoms with van der Waals surface area (Å²) in [5.41, 5.74) is 0. The quantitative estimate of drug-likeness (QED) is 0.428. The topological polar surface area (TPSA) is 32.3 Å². The molecule has 0 aromatic carbocycles. The maximum atomic E-state index is 8.86. The van der Waals surface area contributed by atoms with Gasteiger partial charge in [-0.2, -0.15) is 0 Å². The van der Waals surface area contributed by atoms with Crippen LogP contribution in [-0.2, 0) is 0 Å².